The Hall–Kier alpha value is -4.73. The van der Waals surface area contributed by atoms with Crippen molar-refractivity contribution in [3.8, 4) is 11.5 Å². The number of ketones is 1. The lowest BCUT2D eigenvalue weighted by Crippen LogP contribution is -2.53. The van der Waals surface area contributed by atoms with E-state index in [1.54, 1.807) is 41.7 Å². The normalized spacial score (nSPS) is 34.1. The number of hydrogen-bond donors (Lipinski definition) is 5. The predicted octanol–water partition coefficient (Wildman–Crippen LogP) is 5.04. The molecule has 6 aliphatic heterocycles. The van der Waals surface area contributed by atoms with Crippen molar-refractivity contribution in [2.24, 2.45) is 17.8 Å². The van der Waals surface area contributed by atoms with Crippen LogP contribution in [0.15, 0.2) is 102 Å². The van der Waals surface area contributed by atoms with Crippen molar-refractivity contribution in [2.45, 2.75) is 40.9 Å². The van der Waals surface area contributed by atoms with Crippen molar-refractivity contribution in [1.82, 2.24) is 9.80 Å². The second-order valence-corrected chi connectivity index (χ2v) is 17.9. The number of aliphatic hydroxyl groups is 2. The molecule has 9 unspecified atom stereocenters. The van der Waals surface area contributed by atoms with E-state index in [1.807, 2.05) is 54.6 Å². The van der Waals surface area contributed by atoms with E-state index >= 15 is 4.79 Å². The van der Waals surface area contributed by atoms with E-state index in [0.29, 0.717) is 46.4 Å². The minimum absolute atomic E-state index is 0.0622. The molecule has 0 aromatic heterocycles. The van der Waals surface area contributed by atoms with Gasteiger partial charge < -0.3 is 35.4 Å². The van der Waals surface area contributed by atoms with Gasteiger partial charge in [0.05, 0.1) is 25.5 Å². The maximum Gasteiger partial charge on any atom is 0.250 e. The standard InChI is InChI=1S/C43H42N4O8S2/c1-54-33-14-12-22(17-30(33)49)35-38(43(46-15-16-57-39(35)46)25-8-4-6-10-27(25)45-41(43)53)32(51)19-31(50)36-28-20-56-21-47(28)42(24-7-3-5-9-26(24)44-40(42)52)37(36)23-11-13-29(48)34(18-23)55-2/h3-14,18-19,28,30,35-39,48-50H,15-17,20-21H2,1-2H3,(H,44,52)(H,45,53). The van der Waals surface area contributed by atoms with Gasteiger partial charge in [-0.3, -0.25) is 24.2 Å². The van der Waals surface area contributed by atoms with Crippen LogP contribution in [0, 0.1) is 17.8 Å². The van der Waals surface area contributed by atoms with Gasteiger partial charge in [-0.05, 0) is 35.9 Å². The van der Waals surface area contributed by atoms with Crippen LogP contribution in [0.25, 0.3) is 0 Å². The number of phenolic OH excluding ortho intramolecular Hbond substituents is 1. The average Bonchev–Trinajstić information content (AvgIpc) is 4.05. The van der Waals surface area contributed by atoms with Crippen LogP contribution in [0.1, 0.15) is 29.0 Å². The molecule has 4 saturated heterocycles. The molecule has 12 nitrogen and oxygen atoms in total. The molecule has 4 fully saturated rings. The Morgan fingerprint density at radius 1 is 0.930 bits per heavy atom. The third-order valence-corrected chi connectivity index (χ3v) is 15.7. The van der Waals surface area contributed by atoms with Crippen molar-refractivity contribution in [3.63, 3.8) is 0 Å². The summed E-state index contributed by atoms with van der Waals surface area (Å²) < 4.78 is 11.0. The Balaban J connectivity index is 1.15. The number of benzene rings is 3. The monoisotopic (exact) mass is 806 g/mol. The van der Waals surface area contributed by atoms with Gasteiger partial charge >= 0.3 is 0 Å². The van der Waals surface area contributed by atoms with Crippen molar-refractivity contribution < 1.29 is 39.2 Å². The molecule has 2 spiro atoms. The highest BCUT2D eigenvalue weighted by Crippen LogP contribution is 2.64. The molecule has 3 aromatic carbocycles. The largest absolute Gasteiger partial charge is 0.512 e. The highest BCUT2D eigenvalue weighted by molar-refractivity contribution is 8.00. The van der Waals surface area contributed by atoms with E-state index in [0.717, 1.165) is 16.9 Å². The number of phenols is 1. The number of ether oxygens (including phenoxy) is 2. The number of carbonyl (C=O) groups excluding carboxylic acids is 3. The maximum absolute atomic E-state index is 15.5. The van der Waals surface area contributed by atoms with E-state index in [9.17, 15) is 24.9 Å². The molecule has 1 aliphatic carbocycles. The molecule has 14 heteroatoms. The quantitative estimate of drug-likeness (QED) is 0.160. The number of aromatic hydroxyl groups is 1. The Kier molecular flexibility index (Phi) is 8.61. The molecular weight excluding hydrogens is 765 g/mol. The summed E-state index contributed by atoms with van der Waals surface area (Å²) in [5, 5.41) is 40.5. The molecule has 0 radical (unpaired) electrons. The number of nitrogens with one attached hydrogen (secondary N) is 2. The Morgan fingerprint density at radius 2 is 1.63 bits per heavy atom. The van der Waals surface area contributed by atoms with Crippen LogP contribution < -0.4 is 15.4 Å². The fourth-order valence-electron chi connectivity index (χ4n) is 11.2. The van der Waals surface area contributed by atoms with Gasteiger partial charge in [0.1, 0.15) is 28.7 Å². The molecule has 294 valence electrons. The highest BCUT2D eigenvalue weighted by atomic mass is 32.2. The van der Waals surface area contributed by atoms with Crippen LogP contribution in [-0.4, -0.2) is 98.4 Å². The van der Waals surface area contributed by atoms with E-state index in [2.05, 4.69) is 20.4 Å². The molecule has 10 rings (SSSR count). The smallest absolute Gasteiger partial charge is 0.250 e. The molecule has 5 N–H and O–H groups in total. The summed E-state index contributed by atoms with van der Waals surface area (Å²) in [6.07, 6.45) is 4.28. The lowest BCUT2D eigenvalue weighted by Gasteiger charge is -2.37. The first-order valence-corrected chi connectivity index (χ1v) is 21.3. The lowest BCUT2D eigenvalue weighted by atomic mass is 9.68. The SMILES string of the molecule is COC1=CC=C(C2C3SCCN3C3(C(=O)Nc4ccccc43)C2C(=O)C=C(O)C2C3CSCN3C3(C(=O)Nc4ccccc43)C2c2ccc(O)c(OC)c2)CC1O. The van der Waals surface area contributed by atoms with E-state index in [4.69, 9.17) is 9.47 Å². The number of hydrogen-bond acceptors (Lipinski definition) is 12. The maximum atomic E-state index is 15.5. The first-order chi connectivity index (χ1) is 27.7. The molecule has 6 heterocycles. The first-order valence-electron chi connectivity index (χ1n) is 19.1. The third-order valence-electron chi connectivity index (χ3n) is 13.3. The van der Waals surface area contributed by atoms with Crippen LogP contribution in [0.3, 0.4) is 0 Å². The van der Waals surface area contributed by atoms with Gasteiger partial charge in [0, 0.05) is 82.7 Å². The van der Waals surface area contributed by atoms with E-state index < -0.39 is 46.6 Å². The Bertz CT molecular complexity index is 2330. The molecule has 3 aromatic rings. The van der Waals surface area contributed by atoms with Crippen molar-refractivity contribution in [3.05, 3.63) is 119 Å². The Labute approximate surface area is 338 Å². The minimum atomic E-state index is -1.37. The number of methoxy groups -OCH3 is 2. The number of allylic oxidation sites excluding steroid dienone is 3. The molecule has 7 aliphatic rings. The second kappa shape index (κ2) is 13.4. The van der Waals surface area contributed by atoms with E-state index in [-0.39, 0.29) is 46.9 Å². The second-order valence-electron chi connectivity index (χ2n) is 15.7. The average molecular weight is 807 g/mol. The van der Waals surface area contributed by atoms with Crippen LogP contribution >= 0.6 is 23.5 Å². The van der Waals surface area contributed by atoms with Gasteiger partial charge in [-0.2, -0.15) is 0 Å². The topological polar surface area (TPSA) is 161 Å². The molecule has 57 heavy (non-hydrogen) atoms. The molecule has 9 atom stereocenters. The number of thioether (sulfide) groups is 2. The molecule has 2 amide bonds. The molecular formula is C43H42N4O8S2. The van der Waals surface area contributed by atoms with Crippen molar-refractivity contribution >= 4 is 52.5 Å². The van der Waals surface area contributed by atoms with Crippen LogP contribution in [0.5, 0.6) is 11.5 Å². The zero-order chi connectivity index (χ0) is 39.4. The van der Waals surface area contributed by atoms with Gasteiger partial charge in [0.2, 0.25) is 11.8 Å². The predicted molar refractivity (Wildman–Crippen MR) is 217 cm³/mol. The summed E-state index contributed by atoms with van der Waals surface area (Å²) in [5.41, 5.74) is 1.69. The summed E-state index contributed by atoms with van der Waals surface area (Å²) in [6, 6.07) is 19.7. The van der Waals surface area contributed by atoms with Crippen molar-refractivity contribution in [2.75, 3.05) is 48.8 Å². The fraction of sp³-hybridized carbons (Fsp3) is 0.372. The summed E-state index contributed by atoms with van der Waals surface area (Å²) in [6.45, 7) is 0.570. The zero-order valence-corrected chi connectivity index (χ0v) is 32.9. The number of fused-ring (bicyclic) bond motifs is 8. The number of amides is 2. The van der Waals surface area contributed by atoms with Gasteiger partial charge in [-0.15, -0.1) is 23.5 Å². The zero-order valence-electron chi connectivity index (χ0n) is 31.3. The number of carbonyl (C=O) groups is 3. The van der Waals surface area contributed by atoms with Gasteiger partial charge in [0.25, 0.3) is 0 Å². The van der Waals surface area contributed by atoms with Crippen LogP contribution in [-0.2, 0) is 30.2 Å². The van der Waals surface area contributed by atoms with Crippen LogP contribution in [0.4, 0.5) is 11.4 Å². The van der Waals surface area contributed by atoms with Gasteiger partial charge in [-0.1, -0.05) is 54.1 Å². The van der Waals surface area contributed by atoms with Crippen LogP contribution in [0.2, 0.25) is 0 Å². The highest BCUT2D eigenvalue weighted by Gasteiger charge is 2.71. The summed E-state index contributed by atoms with van der Waals surface area (Å²) in [4.78, 5) is 49.1. The molecule has 0 saturated carbocycles. The van der Waals surface area contributed by atoms with Gasteiger partial charge in [0.15, 0.2) is 17.3 Å². The summed E-state index contributed by atoms with van der Waals surface area (Å²) in [7, 11) is 2.98. The third kappa shape index (κ3) is 4.91. The lowest BCUT2D eigenvalue weighted by molar-refractivity contribution is -0.134. The minimum Gasteiger partial charge on any atom is -0.512 e. The van der Waals surface area contributed by atoms with Gasteiger partial charge in [-0.25, -0.2) is 0 Å². The number of nitrogens with zero attached hydrogens (tertiary/aromatic N) is 2. The number of aliphatic hydroxyl groups excluding tert-OH is 2. The number of rotatable bonds is 7. The van der Waals surface area contributed by atoms with Crippen molar-refractivity contribution in [1.29, 1.82) is 0 Å². The first kappa shape index (κ1) is 36.6. The van der Waals surface area contributed by atoms with E-state index in [1.165, 1.54) is 26.4 Å². The summed E-state index contributed by atoms with van der Waals surface area (Å²) >= 11 is 3.36. The summed E-state index contributed by atoms with van der Waals surface area (Å²) in [5.74, 6) is -1.56. The fourth-order valence-corrected chi connectivity index (χ4v) is 14.1. The number of para-hydroxylation sites is 2. The number of anilines is 2. The Morgan fingerprint density at radius 3 is 2.33 bits per heavy atom. The molecule has 0 bridgehead atoms.